The number of thioether (sulfide) groups is 1. The maximum absolute atomic E-state index is 10.1. The molecule has 0 amide bonds. The minimum absolute atomic E-state index is 0.219. The summed E-state index contributed by atoms with van der Waals surface area (Å²) < 4.78 is 5.22. The highest BCUT2D eigenvalue weighted by molar-refractivity contribution is 8.00. The lowest BCUT2D eigenvalue weighted by Gasteiger charge is -2.20. The first-order chi connectivity index (χ1) is 8.70. The van der Waals surface area contributed by atoms with Crippen molar-refractivity contribution in [1.82, 2.24) is 0 Å². The van der Waals surface area contributed by atoms with Crippen molar-refractivity contribution < 1.29 is 9.84 Å². The molecule has 3 nitrogen and oxygen atoms in total. The van der Waals surface area contributed by atoms with Crippen LogP contribution in [0, 0.1) is 0 Å². The van der Waals surface area contributed by atoms with Crippen LogP contribution in [0.15, 0.2) is 23.1 Å². The Hall–Kier alpha value is -0.870. The molecule has 100 valence electrons. The molecule has 2 atom stereocenters. The number of benzene rings is 1. The zero-order valence-electron chi connectivity index (χ0n) is 10.8. The molecule has 0 radical (unpaired) electrons. The molecule has 1 fully saturated rings. The molecule has 1 aliphatic rings. The number of anilines is 1. The van der Waals surface area contributed by atoms with Crippen molar-refractivity contribution in [1.29, 1.82) is 0 Å². The molecule has 1 aromatic carbocycles. The van der Waals surface area contributed by atoms with Crippen LogP contribution in [0.3, 0.4) is 0 Å². The van der Waals surface area contributed by atoms with E-state index in [0.717, 1.165) is 35.6 Å². The molecule has 0 bridgehead atoms. The second-order valence-electron chi connectivity index (χ2n) is 4.77. The van der Waals surface area contributed by atoms with E-state index in [9.17, 15) is 5.11 Å². The molecular weight excluding hydrogens is 246 g/mol. The van der Waals surface area contributed by atoms with Gasteiger partial charge in [-0.3, -0.25) is 0 Å². The third kappa shape index (κ3) is 3.33. The van der Waals surface area contributed by atoms with E-state index in [1.807, 2.05) is 18.2 Å². The molecule has 0 aliphatic heterocycles. The predicted octanol–water partition coefficient (Wildman–Crippen LogP) is 3.06. The van der Waals surface area contributed by atoms with Crippen LogP contribution in [0.2, 0.25) is 0 Å². The molecule has 4 heteroatoms. The summed E-state index contributed by atoms with van der Waals surface area (Å²) >= 11 is 1.69. The van der Waals surface area contributed by atoms with Gasteiger partial charge in [-0.05, 0) is 31.0 Å². The number of nitrogens with two attached hydrogens (primary N) is 1. The van der Waals surface area contributed by atoms with Crippen LogP contribution in [-0.2, 0) is 0 Å². The Balaban J connectivity index is 2.11. The summed E-state index contributed by atoms with van der Waals surface area (Å²) in [6.07, 6.45) is 5.29. The summed E-state index contributed by atoms with van der Waals surface area (Å²) in [7, 11) is 1.65. The van der Waals surface area contributed by atoms with Gasteiger partial charge < -0.3 is 15.6 Å². The summed E-state index contributed by atoms with van der Waals surface area (Å²) in [5, 5.41) is 10.4. The highest BCUT2D eigenvalue weighted by Gasteiger charge is 2.23. The normalized spacial score (nSPS) is 24.6. The number of hydrogen-bond acceptors (Lipinski definition) is 4. The van der Waals surface area contributed by atoms with E-state index >= 15 is 0 Å². The molecule has 3 N–H and O–H groups in total. The Morgan fingerprint density at radius 2 is 2.06 bits per heavy atom. The fraction of sp³-hybridized carbons (Fsp3) is 0.571. The van der Waals surface area contributed by atoms with Gasteiger partial charge in [-0.15, -0.1) is 11.8 Å². The Labute approximate surface area is 113 Å². The first kappa shape index (κ1) is 13.6. The van der Waals surface area contributed by atoms with Crippen LogP contribution in [0.4, 0.5) is 5.69 Å². The van der Waals surface area contributed by atoms with Gasteiger partial charge in [-0.1, -0.05) is 19.3 Å². The van der Waals surface area contributed by atoms with Crippen LogP contribution in [0.5, 0.6) is 5.75 Å². The van der Waals surface area contributed by atoms with Gasteiger partial charge in [0.05, 0.1) is 13.2 Å². The topological polar surface area (TPSA) is 55.5 Å². The molecule has 1 aromatic rings. The average molecular weight is 267 g/mol. The molecule has 0 heterocycles. The van der Waals surface area contributed by atoms with Gasteiger partial charge in [0.15, 0.2) is 0 Å². The lowest BCUT2D eigenvalue weighted by Crippen LogP contribution is -2.21. The van der Waals surface area contributed by atoms with Crippen LogP contribution in [0.1, 0.15) is 32.1 Å². The maximum atomic E-state index is 10.1. The first-order valence-corrected chi connectivity index (χ1v) is 7.37. The van der Waals surface area contributed by atoms with E-state index in [1.165, 1.54) is 12.8 Å². The summed E-state index contributed by atoms with van der Waals surface area (Å²) in [5.41, 5.74) is 6.75. The van der Waals surface area contributed by atoms with Crippen molar-refractivity contribution in [3.8, 4) is 5.75 Å². The molecule has 1 aliphatic carbocycles. The fourth-order valence-corrected chi connectivity index (χ4v) is 3.59. The smallest absolute Gasteiger partial charge is 0.120 e. The largest absolute Gasteiger partial charge is 0.497 e. The van der Waals surface area contributed by atoms with Gasteiger partial charge in [0, 0.05) is 15.8 Å². The van der Waals surface area contributed by atoms with Crippen molar-refractivity contribution in [3.05, 3.63) is 18.2 Å². The van der Waals surface area contributed by atoms with Gasteiger partial charge >= 0.3 is 0 Å². The molecule has 0 aromatic heterocycles. The number of ether oxygens (including phenoxy) is 1. The molecule has 18 heavy (non-hydrogen) atoms. The van der Waals surface area contributed by atoms with Crippen LogP contribution >= 0.6 is 11.8 Å². The average Bonchev–Trinajstić information content (AvgIpc) is 2.58. The number of nitrogen functional groups attached to an aromatic ring is 1. The number of rotatable bonds is 3. The summed E-state index contributed by atoms with van der Waals surface area (Å²) in [5.74, 6) is 0.815. The standard InChI is InChI=1S/C14H21NO2S/c1-17-10-7-8-11(15)14(9-10)18-13-6-4-2-3-5-12(13)16/h7-9,12-13,16H,2-6,15H2,1H3. The van der Waals surface area contributed by atoms with Crippen molar-refractivity contribution in [2.24, 2.45) is 0 Å². The molecule has 1 saturated carbocycles. The quantitative estimate of drug-likeness (QED) is 0.653. The minimum Gasteiger partial charge on any atom is -0.497 e. The Morgan fingerprint density at radius 1 is 1.28 bits per heavy atom. The Morgan fingerprint density at radius 3 is 2.83 bits per heavy atom. The number of hydrogen-bond donors (Lipinski definition) is 2. The summed E-state index contributed by atoms with van der Waals surface area (Å²) in [6.45, 7) is 0. The van der Waals surface area contributed by atoms with E-state index in [0.29, 0.717) is 0 Å². The van der Waals surface area contributed by atoms with Gasteiger partial charge in [-0.2, -0.15) is 0 Å². The van der Waals surface area contributed by atoms with E-state index in [1.54, 1.807) is 18.9 Å². The van der Waals surface area contributed by atoms with Gasteiger partial charge in [0.1, 0.15) is 5.75 Å². The number of aliphatic hydroxyl groups is 1. The third-order valence-corrected chi connectivity index (χ3v) is 4.88. The Bertz CT molecular complexity index is 397. The van der Waals surface area contributed by atoms with Crippen LogP contribution in [-0.4, -0.2) is 23.6 Å². The molecular formula is C14H21NO2S. The Kier molecular flexibility index (Phi) is 4.78. The van der Waals surface area contributed by atoms with E-state index in [2.05, 4.69) is 0 Å². The van der Waals surface area contributed by atoms with Crippen molar-refractivity contribution in [2.45, 2.75) is 48.4 Å². The SMILES string of the molecule is COc1ccc(N)c(SC2CCCCCC2O)c1. The molecule has 2 unspecified atom stereocenters. The summed E-state index contributed by atoms with van der Waals surface area (Å²) in [4.78, 5) is 1.01. The maximum Gasteiger partial charge on any atom is 0.120 e. The molecule has 0 saturated heterocycles. The van der Waals surface area contributed by atoms with Crippen molar-refractivity contribution in [2.75, 3.05) is 12.8 Å². The minimum atomic E-state index is -0.219. The van der Waals surface area contributed by atoms with Crippen molar-refractivity contribution >= 4 is 17.4 Å². The highest BCUT2D eigenvalue weighted by atomic mass is 32.2. The fourth-order valence-electron chi connectivity index (χ4n) is 2.30. The zero-order chi connectivity index (χ0) is 13.0. The second kappa shape index (κ2) is 6.34. The monoisotopic (exact) mass is 267 g/mol. The van der Waals surface area contributed by atoms with Gasteiger partial charge in [0.2, 0.25) is 0 Å². The van der Waals surface area contributed by atoms with Gasteiger partial charge in [-0.25, -0.2) is 0 Å². The summed E-state index contributed by atoms with van der Waals surface area (Å²) in [6, 6.07) is 5.69. The number of aliphatic hydroxyl groups excluding tert-OH is 1. The van der Waals surface area contributed by atoms with Gasteiger partial charge in [0.25, 0.3) is 0 Å². The van der Waals surface area contributed by atoms with E-state index < -0.39 is 0 Å². The second-order valence-corrected chi connectivity index (χ2v) is 6.05. The lowest BCUT2D eigenvalue weighted by atomic mass is 10.1. The van der Waals surface area contributed by atoms with E-state index in [4.69, 9.17) is 10.5 Å². The molecule has 2 rings (SSSR count). The highest BCUT2D eigenvalue weighted by Crippen LogP contribution is 2.37. The predicted molar refractivity (Wildman–Crippen MR) is 76.1 cm³/mol. The lowest BCUT2D eigenvalue weighted by molar-refractivity contribution is 0.163. The zero-order valence-corrected chi connectivity index (χ0v) is 11.6. The third-order valence-electron chi connectivity index (χ3n) is 3.42. The molecule has 0 spiro atoms. The van der Waals surface area contributed by atoms with Crippen LogP contribution in [0.25, 0.3) is 0 Å². The number of methoxy groups -OCH3 is 1. The van der Waals surface area contributed by atoms with E-state index in [-0.39, 0.29) is 11.4 Å². The first-order valence-electron chi connectivity index (χ1n) is 6.49. The van der Waals surface area contributed by atoms with Crippen LogP contribution < -0.4 is 10.5 Å². The van der Waals surface area contributed by atoms with Crippen molar-refractivity contribution in [3.63, 3.8) is 0 Å².